The summed E-state index contributed by atoms with van der Waals surface area (Å²) in [5, 5.41) is 9.28. The topological polar surface area (TPSA) is 87.1 Å². The molecule has 0 radical (unpaired) electrons. The first-order chi connectivity index (χ1) is 10.8. The molecular formula is C15H22N2O5S. The molecule has 1 aromatic rings. The lowest BCUT2D eigenvalue weighted by Crippen LogP contribution is -2.47. The number of carbonyl (C=O) groups is 1. The van der Waals surface area contributed by atoms with E-state index in [0.717, 1.165) is 5.56 Å². The summed E-state index contributed by atoms with van der Waals surface area (Å²) in [6, 6.07) is 9.60. The van der Waals surface area contributed by atoms with E-state index in [9.17, 15) is 18.3 Å². The van der Waals surface area contributed by atoms with E-state index in [2.05, 4.69) is 0 Å². The average molecular weight is 342 g/mol. The Morgan fingerprint density at radius 2 is 2.04 bits per heavy atom. The molecule has 1 N–H and O–H groups in total. The van der Waals surface area contributed by atoms with Crippen LogP contribution in [0.25, 0.3) is 0 Å². The number of likely N-dealkylation sites (N-methyl/N-ethyl adjacent to an activating group) is 1. The van der Waals surface area contributed by atoms with Gasteiger partial charge in [0.15, 0.2) is 5.60 Å². The van der Waals surface area contributed by atoms with Crippen molar-refractivity contribution in [1.82, 2.24) is 8.61 Å². The van der Waals surface area contributed by atoms with Crippen LogP contribution >= 0.6 is 0 Å². The van der Waals surface area contributed by atoms with E-state index in [-0.39, 0.29) is 19.5 Å². The third-order valence-corrected chi connectivity index (χ3v) is 6.19. The molecule has 23 heavy (non-hydrogen) atoms. The highest BCUT2D eigenvalue weighted by molar-refractivity contribution is 7.86. The van der Waals surface area contributed by atoms with Crippen molar-refractivity contribution in [2.45, 2.75) is 18.4 Å². The Balaban J connectivity index is 2.02. The number of hydrogen-bond acceptors (Lipinski definition) is 4. The second kappa shape index (κ2) is 6.96. The van der Waals surface area contributed by atoms with Gasteiger partial charge in [-0.25, -0.2) is 4.79 Å². The van der Waals surface area contributed by atoms with Gasteiger partial charge in [-0.15, -0.1) is 0 Å². The van der Waals surface area contributed by atoms with Crippen molar-refractivity contribution in [3.8, 4) is 0 Å². The van der Waals surface area contributed by atoms with Gasteiger partial charge in [-0.3, -0.25) is 0 Å². The highest BCUT2D eigenvalue weighted by Crippen LogP contribution is 2.28. The molecule has 0 bridgehead atoms. The van der Waals surface area contributed by atoms with Crippen LogP contribution in [0.4, 0.5) is 0 Å². The molecule has 1 saturated heterocycles. The number of carboxylic acids is 1. The van der Waals surface area contributed by atoms with E-state index in [4.69, 9.17) is 4.74 Å². The van der Waals surface area contributed by atoms with Crippen LogP contribution in [0.3, 0.4) is 0 Å². The van der Waals surface area contributed by atoms with Gasteiger partial charge in [0.2, 0.25) is 0 Å². The van der Waals surface area contributed by atoms with Crippen molar-refractivity contribution in [3.05, 3.63) is 35.9 Å². The van der Waals surface area contributed by atoms with Crippen LogP contribution in [-0.4, -0.2) is 67.5 Å². The number of methoxy groups -OCH3 is 1. The molecule has 0 aromatic heterocycles. The van der Waals surface area contributed by atoms with Gasteiger partial charge in [0.25, 0.3) is 10.2 Å². The summed E-state index contributed by atoms with van der Waals surface area (Å²) >= 11 is 0. The fourth-order valence-corrected chi connectivity index (χ4v) is 4.03. The average Bonchev–Trinajstić information content (AvgIpc) is 3.00. The van der Waals surface area contributed by atoms with Gasteiger partial charge in [0, 0.05) is 33.7 Å². The highest BCUT2D eigenvalue weighted by Gasteiger charge is 2.49. The van der Waals surface area contributed by atoms with Crippen molar-refractivity contribution in [2.24, 2.45) is 0 Å². The fraction of sp³-hybridized carbons (Fsp3) is 0.533. The molecule has 8 heteroatoms. The zero-order chi connectivity index (χ0) is 17.1. The molecule has 1 aromatic carbocycles. The maximum atomic E-state index is 12.6. The smallest absolute Gasteiger partial charge is 0.337 e. The summed E-state index contributed by atoms with van der Waals surface area (Å²) in [6.07, 6.45) is 0.739. The van der Waals surface area contributed by atoms with Crippen molar-refractivity contribution >= 4 is 16.2 Å². The number of nitrogens with zero attached hydrogens (tertiary/aromatic N) is 2. The lowest BCUT2D eigenvalue weighted by atomic mass is 10.0. The molecule has 7 nitrogen and oxygen atoms in total. The van der Waals surface area contributed by atoms with E-state index in [1.54, 1.807) is 0 Å². The molecule has 2 rings (SSSR count). The first-order valence-corrected chi connectivity index (χ1v) is 8.75. The normalized spacial score (nSPS) is 22.6. The minimum atomic E-state index is -3.70. The first kappa shape index (κ1) is 17.9. The molecular weight excluding hydrogens is 320 g/mol. The van der Waals surface area contributed by atoms with E-state index in [0.29, 0.717) is 13.0 Å². The lowest BCUT2D eigenvalue weighted by molar-refractivity contribution is -0.160. The van der Waals surface area contributed by atoms with Crippen molar-refractivity contribution in [2.75, 3.05) is 33.8 Å². The van der Waals surface area contributed by atoms with Gasteiger partial charge in [0.1, 0.15) is 0 Å². The SMILES string of the molecule is COC1(C(=O)O)CCN(S(=O)(=O)N(C)CCc2ccccc2)C1. The van der Waals surface area contributed by atoms with Crippen LogP contribution in [0, 0.1) is 0 Å². The Hall–Kier alpha value is -1.48. The zero-order valence-corrected chi connectivity index (χ0v) is 14.1. The van der Waals surface area contributed by atoms with Crippen molar-refractivity contribution in [1.29, 1.82) is 0 Å². The van der Waals surface area contributed by atoms with Crippen molar-refractivity contribution < 1.29 is 23.1 Å². The van der Waals surface area contributed by atoms with Crippen LogP contribution in [0.1, 0.15) is 12.0 Å². The van der Waals surface area contributed by atoms with E-state index >= 15 is 0 Å². The summed E-state index contributed by atoms with van der Waals surface area (Å²) in [5.74, 6) is -1.13. The molecule has 0 saturated carbocycles. The van der Waals surface area contributed by atoms with E-state index in [1.807, 2.05) is 30.3 Å². The number of hydrogen-bond donors (Lipinski definition) is 1. The molecule has 128 valence electrons. The number of ether oxygens (including phenoxy) is 1. The van der Waals surface area contributed by atoms with Gasteiger partial charge in [-0.2, -0.15) is 17.0 Å². The summed E-state index contributed by atoms with van der Waals surface area (Å²) in [7, 11) is -0.899. The summed E-state index contributed by atoms with van der Waals surface area (Å²) in [4.78, 5) is 11.3. The Kier molecular flexibility index (Phi) is 5.41. The predicted octanol–water partition coefficient (Wildman–Crippen LogP) is 0.581. The van der Waals surface area contributed by atoms with Crippen LogP contribution < -0.4 is 0 Å². The van der Waals surface area contributed by atoms with Crippen LogP contribution in [0.5, 0.6) is 0 Å². The molecule has 0 aliphatic carbocycles. The second-order valence-corrected chi connectivity index (χ2v) is 7.69. The lowest BCUT2D eigenvalue weighted by Gasteiger charge is -2.26. The molecule has 1 aliphatic rings. The van der Waals surface area contributed by atoms with Crippen LogP contribution in [0.15, 0.2) is 30.3 Å². The van der Waals surface area contributed by atoms with Gasteiger partial charge in [-0.05, 0) is 12.0 Å². The molecule has 1 heterocycles. The Labute approximate surface area is 136 Å². The van der Waals surface area contributed by atoms with Crippen molar-refractivity contribution in [3.63, 3.8) is 0 Å². The van der Waals surface area contributed by atoms with Crippen LogP contribution in [-0.2, 0) is 26.2 Å². The number of benzene rings is 1. The monoisotopic (exact) mass is 342 g/mol. The van der Waals surface area contributed by atoms with Crippen LogP contribution in [0.2, 0.25) is 0 Å². The second-order valence-electron chi connectivity index (χ2n) is 5.65. The predicted molar refractivity (Wildman–Crippen MR) is 85.3 cm³/mol. The Bertz CT molecular complexity index is 649. The summed E-state index contributed by atoms with van der Waals surface area (Å²) in [6.45, 7) is 0.297. The molecule has 1 unspecified atom stereocenters. The Morgan fingerprint density at radius 3 is 2.57 bits per heavy atom. The van der Waals surface area contributed by atoms with E-state index < -0.39 is 21.8 Å². The summed E-state index contributed by atoms with van der Waals surface area (Å²) < 4.78 is 32.7. The third kappa shape index (κ3) is 3.72. The minimum Gasteiger partial charge on any atom is -0.479 e. The van der Waals surface area contributed by atoms with Gasteiger partial charge in [0.05, 0.1) is 6.54 Å². The minimum absolute atomic E-state index is 0.137. The first-order valence-electron chi connectivity index (χ1n) is 7.36. The molecule has 0 amide bonds. The standard InChI is InChI=1S/C15H22N2O5S/c1-16(10-8-13-6-4-3-5-7-13)23(20,21)17-11-9-15(12-17,22-2)14(18)19/h3-7H,8-12H2,1-2H3,(H,18,19). The highest BCUT2D eigenvalue weighted by atomic mass is 32.2. The maximum Gasteiger partial charge on any atom is 0.337 e. The summed E-state index contributed by atoms with van der Waals surface area (Å²) in [5.41, 5.74) is -0.402. The largest absolute Gasteiger partial charge is 0.479 e. The number of rotatable bonds is 7. The number of aliphatic carboxylic acids is 1. The molecule has 1 aliphatic heterocycles. The van der Waals surface area contributed by atoms with Gasteiger partial charge >= 0.3 is 5.97 Å². The molecule has 0 spiro atoms. The molecule has 1 atom stereocenters. The fourth-order valence-electron chi connectivity index (χ4n) is 2.62. The quantitative estimate of drug-likeness (QED) is 0.783. The third-order valence-electron chi connectivity index (χ3n) is 4.26. The molecule has 1 fully saturated rings. The zero-order valence-electron chi connectivity index (χ0n) is 13.3. The van der Waals surface area contributed by atoms with Gasteiger partial charge < -0.3 is 9.84 Å². The number of carboxylic acid groups (broad SMARTS) is 1. The Morgan fingerprint density at radius 1 is 1.39 bits per heavy atom. The van der Waals surface area contributed by atoms with E-state index in [1.165, 1.54) is 22.8 Å². The van der Waals surface area contributed by atoms with Gasteiger partial charge in [-0.1, -0.05) is 30.3 Å². The maximum absolute atomic E-state index is 12.6.